The van der Waals surface area contributed by atoms with Gasteiger partial charge in [0.15, 0.2) is 0 Å². The lowest BCUT2D eigenvalue weighted by atomic mass is 9.52. The van der Waals surface area contributed by atoms with Crippen LogP contribution in [0.2, 0.25) is 0 Å². The molecule has 1 N–H and O–H groups in total. The summed E-state index contributed by atoms with van der Waals surface area (Å²) < 4.78 is 0. The monoisotopic (exact) mass is 220 g/mol. The van der Waals surface area contributed by atoms with Crippen molar-refractivity contribution < 1.29 is 5.11 Å². The molecule has 1 fully saturated rings. The molecule has 0 heterocycles. The summed E-state index contributed by atoms with van der Waals surface area (Å²) in [6.45, 7) is 10.9. The Bertz CT molecular complexity index is 324. The highest BCUT2D eigenvalue weighted by atomic mass is 16.3. The van der Waals surface area contributed by atoms with Gasteiger partial charge in [0.25, 0.3) is 0 Å². The number of hydrogen-bond acceptors (Lipinski definition) is 1. The fraction of sp³-hybridized carbons (Fsp3) is 0.733. The fourth-order valence-corrected chi connectivity index (χ4v) is 3.39. The quantitative estimate of drug-likeness (QED) is 0.617. The second-order valence-electron chi connectivity index (χ2n) is 6.30. The summed E-state index contributed by atoms with van der Waals surface area (Å²) in [6.07, 6.45) is 6.26. The topological polar surface area (TPSA) is 20.2 Å². The van der Waals surface area contributed by atoms with Gasteiger partial charge in [-0.05, 0) is 55.4 Å². The Morgan fingerprint density at radius 3 is 2.75 bits per heavy atom. The molecule has 1 heteroatoms. The Hall–Kier alpha value is -0.560. The van der Waals surface area contributed by atoms with Crippen molar-refractivity contribution in [3.8, 4) is 0 Å². The maximum atomic E-state index is 10.2. The number of allylic oxidation sites excluding steroid dienone is 2. The van der Waals surface area contributed by atoms with E-state index in [2.05, 4.69) is 33.4 Å². The molecule has 0 aliphatic heterocycles. The lowest BCUT2D eigenvalue weighted by Gasteiger charge is -2.53. The minimum atomic E-state index is -0.238. The molecule has 2 aliphatic rings. The molecule has 0 amide bonds. The second kappa shape index (κ2) is 4.03. The predicted octanol–water partition coefficient (Wildman–Crippen LogP) is 3.70. The molecule has 0 spiro atoms. The maximum Gasteiger partial charge on any atom is 0.0750 e. The number of rotatable bonds is 0. The smallest absolute Gasteiger partial charge is 0.0750 e. The zero-order chi connectivity index (χ0) is 11.9. The van der Waals surface area contributed by atoms with Gasteiger partial charge >= 0.3 is 0 Å². The van der Waals surface area contributed by atoms with E-state index in [1.807, 2.05) is 0 Å². The molecule has 0 radical (unpaired) electrons. The number of hydrogen-bond donors (Lipinski definition) is 1. The third-order valence-corrected chi connectivity index (χ3v) is 4.69. The van der Waals surface area contributed by atoms with Crippen LogP contribution >= 0.6 is 0 Å². The van der Waals surface area contributed by atoms with E-state index in [4.69, 9.17) is 0 Å². The van der Waals surface area contributed by atoms with E-state index in [9.17, 15) is 5.11 Å². The third kappa shape index (κ3) is 1.98. The van der Waals surface area contributed by atoms with Gasteiger partial charge in [0.2, 0.25) is 0 Å². The van der Waals surface area contributed by atoms with E-state index < -0.39 is 0 Å². The van der Waals surface area contributed by atoms with Gasteiger partial charge in [-0.1, -0.05) is 32.1 Å². The van der Waals surface area contributed by atoms with Crippen molar-refractivity contribution in [2.75, 3.05) is 0 Å². The van der Waals surface area contributed by atoms with Gasteiger partial charge < -0.3 is 5.11 Å². The van der Waals surface area contributed by atoms with Crippen LogP contribution in [0.15, 0.2) is 23.8 Å². The van der Waals surface area contributed by atoms with Crippen molar-refractivity contribution in [2.24, 2.45) is 17.3 Å². The first-order chi connectivity index (χ1) is 7.42. The molecular weight excluding hydrogens is 196 g/mol. The van der Waals surface area contributed by atoms with Crippen LogP contribution in [0.5, 0.6) is 0 Å². The normalized spacial score (nSPS) is 41.9. The van der Waals surface area contributed by atoms with E-state index in [1.165, 1.54) is 12.0 Å². The molecule has 3 atom stereocenters. The van der Waals surface area contributed by atoms with Crippen LogP contribution in [0, 0.1) is 17.3 Å². The van der Waals surface area contributed by atoms with Gasteiger partial charge in [-0.15, -0.1) is 0 Å². The Kier molecular flexibility index (Phi) is 3.00. The maximum absolute atomic E-state index is 10.2. The first-order valence-electron chi connectivity index (χ1n) is 6.44. The molecule has 0 saturated heterocycles. The summed E-state index contributed by atoms with van der Waals surface area (Å²) in [5.41, 5.74) is 2.94. The Labute approximate surface area is 99.3 Å². The molecule has 2 aliphatic carbocycles. The lowest BCUT2D eigenvalue weighted by molar-refractivity contribution is -0.0197. The van der Waals surface area contributed by atoms with E-state index in [0.717, 1.165) is 24.8 Å². The van der Waals surface area contributed by atoms with E-state index in [1.54, 1.807) is 0 Å². The fourth-order valence-electron chi connectivity index (χ4n) is 3.39. The molecule has 0 bridgehead atoms. The summed E-state index contributed by atoms with van der Waals surface area (Å²) in [5.74, 6) is 1.28. The van der Waals surface area contributed by atoms with E-state index >= 15 is 0 Å². The summed E-state index contributed by atoms with van der Waals surface area (Å²) >= 11 is 0. The van der Waals surface area contributed by atoms with Crippen LogP contribution < -0.4 is 0 Å². The number of aliphatic hydroxyl groups is 1. The van der Waals surface area contributed by atoms with Crippen molar-refractivity contribution in [1.82, 2.24) is 0 Å². The van der Waals surface area contributed by atoms with E-state index in [0.29, 0.717) is 17.3 Å². The van der Waals surface area contributed by atoms with Crippen molar-refractivity contribution in [1.29, 1.82) is 0 Å². The number of fused-ring (bicyclic) bond motifs is 1. The van der Waals surface area contributed by atoms with Crippen LogP contribution in [0.4, 0.5) is 0 Å². The second-order valence-corrected chi connectivity index (χ2v) is 6.30. The van der Waals surface area contributed by atoms with Gasteiger partial charge in [0.1, 0.15) is 0 Å². The summed E-state index contributed by atoms with van der Waals surface area (Å²) in [6, 6.07) is 0. The molecule has 0 aromatic rings. The summed E-state index contributed by atoms with van der Waals surface area (Å²) in [5, 5.41) is 10.2. The van der Waals surface area contributed by atoms with Crippen LogP contribution in [0.1, 0.15) is 46.5 Å². The Morgan fingerprint density at radius 2 is 2.12 bits per heavy atom. The van der Waals surface area contributed by atoms with Crippen molar-refractivity contribution >= 4 is 0 Å². The zero-order valence-corrected chi connectivity index (χ0v) is 10.8. The largest absolute Gasteiger partial charge is 0.389 e. The minimum Gasteiger partial charge on any atom is -0.389 e. The van der Waals surface area contributed by atoms with Gasteiger partial charge in [-0.2, -0.15) is 0 Å². The Morgan fingerprint density at radius 1 is 1.44 bits per heavy atom. The first kappa shape index (κ1) is 11.9. The lowest BCUT2D eigenvalue weighted by Crippen LogP contribution is -2.46. The average Bonchev–Trinajstić information content (AvgIpc) is 2.24. The highest BCUT2D eigenvalue weighted by Gasteiger charge is 2.48. The van der Waals surface area contributed by atoms with Gasteiger partial charge in [0, 0.05) is 0 Å². The molecule has 16 heavy (non-hydrogen) atoms. The highest BCUT2D eigenvalue weighted by molar-refractivity contribution is 5.18. The van der Waals surface area contributed by atoms with Crippen LogP contribution in [-0.4, -0.2) is 11.2 Å². The molecule has 0 aromatic heterocycles. The third-order valence-electron chi connectivity index (χ3n) is 4.69. The Balaban J connectivity index is 2.19. The molecule has 90 valence electrons. The zero-order valence-electron chi connectivity index (χ0n) is 10.8. The molecule has 0 aromatic carbocycles. The predicted molar refractivity (Wildman–Crippen MR) is 68.1 cm³/mol. The van der Waals surface area contributed by atoms with Gasteiger partial charge in [-0.25, -0.2) is 0 Å². The standard InChI is InChI=1S/C15H24O/c1-10-6-5-7-11(2)14(16)8-13-12(10)9-15(13,3)4/h7,12-14,16H,1,5-6,8-9H2,2-4H3/b11-7+/t12-,13-,14-/m0/s1. The van der Waals surface area contributed by atoms with Gasteiger partial charge in [-0.3, -0.25) is 0 Å². The highest BCUT2D eigenvalue weighted by Crippen LogP contribution is 2.56. The molecule has 2 rings (SSSR count). The molecular formula is C15H24O. The SMILES string of the molecule is C=C1CC/C=C(\C)[C@@H](O)C[C@H]2[C@H]1CC2(C)C. The molecule has 1 saturated carbocycles. The summed E-state index contributed by atoms with van der Waals surface area (Å²) in [7, 11) is 0. The first-order valence-corrected chi connectivity index (χ1v) is 6.44. The van der Waals surface area contributed by atoms with Crippen molar-refractivity contribution in [3.63, 3.8) is 0 Å². The molecule has 0 unspecified atom stereocenters. The molecule has 1 nitrogen and oxygen atoms in total. The van der Waals surface area contributed by atoms with Crippen molar-refractivity contribution in [3.05, 3.63) is 23.8 Å². The number of aliphatic hydroxyl groups excluding tert-OH is 1. The minimum absolute atomic E-state index is 0.238. The van der Waals surface area contributed by atoms with Crippen LogP contribution in [0.25, 0.3) is 0 Å². The average molecular weight is 220 g/mol. The van der Waals surface area contributed by atoms with E-state index in [-0.39, 0.29) is 6.10 Å². The summed E-state index contributed by atoms with van der Waals surface area (Å²) in [4.78, 5) is 0. The van der Waals surface area contributed by atoms with Crippen molar-refractivity contribution in [2.45, 2.75) is 52.6 Å². The van der Waals surface area contributed by atoms with Gasteiger partial charge in [0.05, 0.1) is 6.10 Å². The van der Waals surface area contributed by atoms with Crippen LogP contribution in [-0.2, 0) is 0 Å². The van der Waals surface area contributed by atoms with Crippen LogP contribution in [0.3, 0.4) is 0 Å².